The Morgan fingerprint density at radius 3 is 2.60 bits per heavy atom. The quantitative estimate of drug-likeness (QED) is 0.244. The van der Waals surface area contributed by atoms with Crippen molar-refractivity contribution in [2.75, 3.05) is 49.2 Å². The molecule has 11 nitrogen and oxygen atoms in total. The number of pyridine rings is 1. The first kappa shape index (κ1) is 32.2. The molecule has 0 unspecified atom stereocenters. The lowest BCUT2D eigenvalue weighted by molar-refractivity contribution is -0.137. The summed E-state index contributed by atoms with van der Waals surface area (Å²) in [7, 11) is 0. The molecule has 48 heavy (non-hydrogen) atoms. The lowest BCUT2D eigenvalue weighted by Crippen LogP contribution is -2.59. The largest absolute Gasteiger partial charge is 0.489 e. The highest BCUT2D eigenvalue weighted by Gasteiger charge is 2.60. The molecular weight excluding hydrogens is 668 g/mol. The number of aryl methyl sites for hydroxylation is 1. The fourth-order valence-electron chi connectivity index (χ4n) is 6.92. The molecule has 0 aliphatic carbocycles. The van der Waals surface area contributed by atoms with Gasteiger partial charge in [-0.25, -0.2) is 28.1 Å². The van der Waals surface area contributed by atoms with E-state index in [0.29, 0.717) is 18.5 Å². The minimum absolute atomic E-state index is 0.0538. The number of benzene rings is 1. The Labute approximate surface area is 274 Å². The Hall–Kier alpha value is -4.38. The molecule has 4 aromatic rings. The molecule has 18 heteroatoms. The number of nitrogens with two attached hydrogens (primary N) is 2. The summed E-state index contributed by atoms with van der Waals surface area (Å²) in [6, 6.07) is 0.0269. The molecule has 2 saturated heterocycles. The number of halogens is 7. The Balaban J connectivity index is 1.45. The van der Waals surface area contributed by atoms with E-state index in [-0.39, 0.29) is 53.9 Å². The average molecular weight is 696 g/mol. The molecule has 0 spiro atoms. The summed E-state index contributed by atoms with van der Waals surface area (Å²) in [4.78, 5) is 24.1. The molecule has 1 aromatic carbocycles. The highest BCUT2D eigenvalue weighted by molar-refractivity contribution is 6.36. The highest BCUT2D eigenvalue weighted by Crippen LogP contribution is 2.51. The van der Waals surface area contributed by atoms with Crippen molar-refractivity contribution in [2.45, 2.75) is 50.4 Å². The van der Waals surface area contributed by atoms with Gasteiger partial charge in [-0.15, -0.1) is 0 Å². The maximum atomic E-state index is 16.9. The van der Waals surface area contributed by atoms with Crippen LogP contribution in [0.1, 0.15) is 42.5 Å². The maximum Gasteiger partial charge on any atom is 0.418 e. The molecule has 254 valence electrons. The molecule has 7 rings (SSSR count). The number of aromatic nitrogens is 5. The van der Waals surface area contributed by atoms with Crippen molar-refractivity contribution < 1.29 is 35.8 Å². The van der Waals surface area contributed by atoms with Crippen molar-refractivity contribution in [1.82, 2.24) is 29.8 Å². The number of hydrogen-bond donors (Lipinski definition) is 2. The number of hydrogen-bond acceptors (Lipinski definition) is 11. The molecule has 0 amide bonds. The summed E-state index contributed by atoms with van der Waals surface area (Å²) in [6.45, 7) is 2.77. The molecular formula is C30H28ClF6N9O2. The van der Waals surface area contributed by atoms with Gasteiger partial charge >= 0.3 is 12.2 Å². The third kappa shape index (κ3) is 5.14. The van der Waals surface area contributed by atoms with Gasteiger partial charge in [0.2, 0.25) is 0 Å². The second-order valence-corrected chi connectivity index (χ2v) is 12.6. The monoisotopic (exact) mass is 695 g/mol. The predicted molar refractivity (Wildman–Crippen MR) is 164 cm³/mol. The number of rotatable bonds is 6. The average Bonchev–Trinajstić information content (AvgIpc) is 3.10. The van der Waals surface area contributed by atoms with Gasteiger partial charge < -0.3 is 25.8 Å². The van der Waals surface area contributed by atoms with Gasteiger partial charge in [0.25, 0.3) is 5.92 Å². The summed E-state index contributed by atoms with van der Waals surface area (Å²) in [5, 5.41) is -0.561. The third-order valence-electron chi connectivity index (χ3n) is 9.24. The van der Waals surface area contributed by atoms with Gasteiger partial charge in [0.05, 0.1) is 51.9 Å². The van der Waals surface area contributed by atoms with Gasteiger partial charge in [0.1, 0.15) is 42.5 Å². The van der Waals surface area contributed by atoms with E-state index in [2.05, 4.69) is 24.9 Å². The second-order valence-electron chi connectivity index (χ2n) is 12.3. The van der Waals surface area contributed by atoms with Crippen LogP contribution in [0, 0.1) is 12.7 Å². The van der Waals surface area contributed by atoms with E-state index < -0.39 is 75.8 Å². The van der Waals surface area contributed by atoms with Crippen LogP contribution < -0.4 is 25.8 Å². The van der Waals surface area contributed by atoms with Crippen molar-refractivity contribution in [3.8, 4) is 23.0 Å². The fraction of sp³-hybridized carbons (Fsp3) is 0.433. The van der Waals surface area contributed by atoms with Crippen molar-refractivity contribution in [3.63, 3.8) is 0 Å². The zero-order chi connectivity index (χ0) is 34.3. The Bertz CT molecular complexity index is 1970. The highest BCUT2D eigenvalue weighted by atomic mass is 35.5. The molecule has 3 aliphatic heterocycles. The van der Waals surface area contributed by atoms with E-state index in [4.69, 9.17) is 32.5 Å². The van der Waals surface area contributed by atoms with E-state index in [1.165, 1.54) is 19.4 Å². The fourth-order valence-corrected chi connectivity index (χ4v) is 7.24. The first-order chi connectivity index (χ1) is 22.6. The second kappa shape index (κ2) is 11.1. The third-order valence-corrected chi connectivity index (χ3v) is 9.60. The number of anilines is 3. The zero-order valence-electron chi connectivity index (χ0n) is 25.5. The maximum absolute atomic E-state index is 16.9. The summed E-state index contributed by atoms with van der Waals surface area (Å²) in [5.41, 5.74) is 7.87. The van der Waals surface area contributed by atoms with Crippen molar-refractivity contribution >= 4 is 40.0 Å². The molecule has 0 saturated carbocycles. The Morgan fingerprint density at radius 2 is 1.94 bits per heavy atom. The minimum atomic E-state index is -4.97. The first-order valence-electron chi connectivity index (χ1n) is 14.9. The van der Waals surface area contributed by atoms with E-state index in [1.54, 1.807) is 16.7 Å². The van der Waals surface area contributed by atoms with Crippen LogP contribution in [0.5, 0.6) is 11.8 Å². The Kier molecular flexibility index (Phi) is 7.43. The van der Waals surface area contributed by atoms with Crippen LogP contribution in [0.3, 0.4) is 0 Å². The first-order valence-corrected chi connectivity index (χ1v) is 15.3. The molecule has 2 atom stereocenters. The van der Waals surface area contributed by atoms with Crippen LogP contribution in [0.2, 0.25) is 5.02 Å². The molecule has 2 fully saturated rings. The number of alkyl halides is 5. The number of fused-ring (bicyclic) bond motifs is 1. The summed E-state index contributed by atoms with van der Waals surface area (Å²) < 4.78 is 101. The van der Waals surface area contributed by atoms with Crippen molar-refractivity contribution in [2.24, 2.45) is 0 Å². The Morgan fingerprint density at radius 1 is 1.17 bits per heavy atom. The number of nitrogen functional groups attached to an aromatic ring is 2. The molecule has 3 aromatic heterocycles. The molecule has 0 bridgehead atoms. The normalized spacial score (nSPS) is 21.0. The standard InChI is InChI=1S/C30H28ClF6N9O2/c1-13-7-16(38)42-22(19(13)30(35,36)37)17-20(31)24-18-23(21(17)32)43-27(48-11-28-3-4-45(28)10-29(33,34)9-28)44-26(18)46(5-6-47-24)14(2)15-8-40-12-41-25(15)39/h7-8,12,14H,3-6,9-11H2,1-2H3,(H2,38,42)(H2,39,40,41)/t14-,28+/m1/s1. The van der Waals surface area contributed by atoms with Crippen molar-refractivity contribution in [1.29, 1.82) is 0 Å². The van der Waals surface area contributed by atoms with Gasteiger partial charge in [-0.1, -0.05) is 11.6 Å². The predicted octanol–water partition coefficient (Wildman–Crippen LogP) is 5.59. The van der Waals surface area contributed by atoms with Crippen LogP contribution in [-0.2, 0) is 6.18 Å². The topological polar surface area (TPSA) is 141 Å². The smallest absolute Gasteiger partial charge is 0.418 e. The summed E-state index contributed by atoms with van der Waals surface area (Å²) in [6.07, 6.45) is -2.19. The summed E-state index contributed by atoms with van der Waals surface area (Å²) in [5.74, 6) is -4.46. The van der Waals surface area contributed by atoms with Gasteiger partial charge in [-0.05, 0) is 31.9 Å². The van der Waals surface area contributed by atoms with Crippen LogP contribution in [-0.4, -0.2) is 74.1 Å². The molecule has 4 N–H and O–H groups in total. The number of ether oxygens (including phenoxy) is 2. The van der Waals surface area contributed by atoms with Crippen LogP contribution in [0.15, 0.2) is 18.6 Å². The zero-order valence-corrected chi connectivity index (χ0v) is 26.3. The van der Waals surface area contributed by atoms with E-state index >= 15 is 4.39 Å². The van der Waals surface area contributed by atoms with Crippen LogP contribution >= 0.6 is 11.6 Å². The summed E-state index contributed by atoms with van der Waals surface area (Å²) >= 11 is 6.72. The number of nitrogens with zero attached hydrogens (tertiary/aromatic N) is 7. The van der Waals surface area contributed by atoms with Crippen LogP contribution in [0.4, 0.5) is 43.8 Å². The van der Waals surface area contributed by atoms with E-state index in [0.717, 1.165) is 6.07 Å². The lowest BCUT2D eigenvalue weighted by Gasteiger charge is -2.46. The molecule has 3 aliphatic rings. The van der Waals surface area contributed by atoms with Crippen LogP contribution in [0.25, 0.3) is 22.2 Å². The van der Waals surface area contributed by atoms with E-state index in [1.807, 2.05) is 0 Å². The van der Waals surface area contributed by atoms with Gasteiger partial charge in [-0.3, -0.25) is 4.90 Å². The van der Waals surface area contributed by atoms with E-state index in [9.17, 15) is 22.0 Å². The SMILES string of the molecule is Cc1cc(N)nc(-c2c(Cl)c3c4c(nc(OC[C@@]56CCN5CC(F)(F)C6)nc4c2F)N([C@H](C)c2cncnc2N)CCO3)c1C(F)(F)F. The van der Waals surface area contributed by atoms with Crippen molar-refractivity contribution in [3.05, 3.63) is 46.1 Å². The molecule has 0 radical (unpaired) electrons. The van der Waals surface area contributed by atoms with Gasteiger partial charge in [-0.2, -0.15) is 23.1 Å². The van der Waals surface area contributed by atoms with Gasteiger partial charge in [0, 0.05) is 24.7 Å². The van der Waals surface area contributed by atoms with Gasteiger partial charge in [0.15, 0.2) is 11.6 Å². The lowest BCUT2D eigenvalue weighted by atomic mass is 9.85. The minimum Gasteiger partial charge on any atom is -0.489 e. The molecule has 6 heterocycles.